The number of rotatable bonds is 7. The van der Waals surface area contributed by atoms with Crippen molar-refractivity contribution in [2.24, 2.45) is 0 Å². The van der Waals surface area contributed by atoms with Gasteiger partial charge in [-0.05, 0) is 36.4 Å². The molecular formula is C18H20N4O3. The zero-order valence-electron chi connectivity index (χ0n) is 13.8. The first-order chi connectivity index (χ1) is 12.0. The molecule has 130 valence electrons. The Hall–Kier alpha value is -3.35. The van der Waals surface area contributed by atoms with Crippen molar-refractivity contribution in [3.63, 3.8) is 0 Å². The number of carbonyl (C=O) groups is 2. The second-order valence-corrected chi connectivity index (χ2v) is 5.36. The summed E-state index contributed by atoms with van der Waals surface area (Å²) >= 11 is 0. The number of benzene rings is 2. The van der Waals surface area contributed by atoms with Gasteiger partial charge in [-0.2, -0.15) is 0 Å². The quantitative estimate of drug-likeness (QED) is 0.301. The van der Waals surface area contributed by atoms with E-state index in [4.69, 9.17) is 5.41 Å². The van der Waals surface area contributed by atoms with Crippen LogP contribution in [-0.4, -0.2) is 36.2 Å². The number of nitrogens with one attached hydrogen (secondary N) is 4. The van der Waals surface area contributed by atoms with E-state index in [2.05, 4.69) is 16.0 Å². The lowest BCUT2D eigenvalue weighted by Crippen LogP contribution is -2.33. The maximum atomic E-state index is 12.1. The molecule has 0 radical (unpaired) electrons. The molecule has 7 heteroatoms. The highest BCUT2D eigenvalue weighted by atomic mass is 16.3. The summed E-state index contributed by atoms with van der Waals surface area (Å²) in [6.07, 6.45) is 1.14. The molecule has 7 nitrogen and oxygen atoms in total. The van der Waals surface area contributed by atoms with Crippen LogP contribution >= 0.6 is 0 Å². The lowest BCUT2D eigenvalue weighted by molar-refractivity contribution is -0.118. The monoisotopic (exact) mass is 340 g/mol. The number of hydrogen-bond donors (Lipinski definition) is 5. The number of hydrogen-bond acceptors (Lipinski definition) is 5. The number of amides is 2. The number of phenolic OH excluding ortho intramolecular Hbond substituents is 1. The fourth-order valence-corrected chi connectivity index (χ4v) is 2.19. The molecule has 2 aromatic rings. The molecule has 5 N–H and O–H groups in total. The molecular weight excluding hydrogens is 320 g/mol. The van der Waals surface area contributed by atoms with E-state index < -0.39 is 0 Å². The minimum absolute atomic E-state index is 0.0800. The molecule has 0 aromatic heterocycles. The molecule has 0 saturated carbocycles. The summed E-state index contributed by atoms with van der Waals surface area (Å²) in [7, 11) is 0. The Balaban J connectivity index is 2.04. The topological polar surface area (TPSA) is 114 Å². The van der Waals surface area contributed by atoms with Gasteiger partial charge in [-0.1, -0.05) is 6.07 Å². The third-order valence-electron chi connectivity index (χ3n) is 3.38. The third-order valence-corrected chi connectivity index (χ3v) is 3.38. The van der Waals surface area contributed by atoms with Crippen molar-refractivity contribution in [2.45, 2.75) is 6.92 Å². The second-order valence-electron chi connectivity index (χ2n) is 5.36. The van der Waals surface area contributed by atoms with Crippen molar-refractivity contribution in [3.05, 3.63) is 53.6 Å². The second kappa shape index (κ2) is 8.49. The predicted molar refractivity (Wildman–Crippen MR) is 96.7 cm³/mol. The Labute approximate surface area is 145 Å². The van der Waals surface area contributed by atoms with Crippen LogP contribution in [0.5, 0.6) is 5.75 Å². The molecule has 0 atom stereocenters. The van der Waals surface area contributed by atoms with Gasteiger partial charge >= 0.3 is 0 Å². The van der Waals surface area contributed by atoms with Crippen molar-refractivity contribution in [3.8, 4) is 5.75 Å². The third kappa shape index (κ3) is 5.35. The van der Waals surface area contributed by atoms with Gasteiger partial charge in [-0.25, -0.2) is 0 Å². The number of anilines is 2. The highest BCUT2D eigenvalue weighted by molar-refractivity contribution is 5.95. The van der Waals surface area contributed by atoms with Crippen LogP contribution in [-0.2, 0) is 4.79 Å². The molecule has 0 heterocycles. The van der Waals surface area contributed by atoms with Crippen LogP contribution in [0.25, 0.3) is 0 Å². The van der Waals surface area contributed by atoms with Crippen molar-refractivity contribution >= 4 is 29.4 Å². The normalized spacial score (nSPS) is 9.96. The highest BCUT2D eigenvalue weighted by Crippen LogP contribution is 2.24. The maximum absolute atomic E-state index is 12.1. The fraction of sp³-hybridized carbons (Fsp3) is 0.167. The van der Waals surface area contributed by atoms with Gasteiger partial charge in [0, 0.05) is 48.7 Å². The van der Waals surface area contributed by atoms with Crippen LogP contribution in [0.15, 0.2) is 42.5 Å². The van der Waals surface area contributed by atoms with Crippen LogP contribution in [0.1, 0.15) is 22.8 Å². The smallest absolute Gasteiger partial charge is 0.251 e. The van der Waals surface area contributed by atoms with Crippen LogP contribution in [0.4, 0.5) is 11.4 Å². The number of phenols is 1. The van der Waals surface area contributed by atoms with Gasteiger partial charge in [0.15, 0.2) is 0 Å². The zero-order chi connectivity index (χ0) is 18.2. The van der Waals surface area contributed by atoms with Gasteiger partial charge in [-0.3, -0.25) is 9.59 Å². The Morgan fingerprint density at radius 1 is 1.12 bits per heavy atom. The van der Waals surface area contributed by atoms with Gasteiger partial charge in [0.05, 0.1) is 0 Å². The Morgan fingerprint density at radius 3 is 2.60 bits per heavy atom. The van der Waals surface area contributed by atoms with Crippen molar-refractivity contribution in [1.82, 2.24) is 10.6 Å². The summed E-state index contributed by atoms with van der Waals surface area (Å²) in [6.45, 7) is 2.13. The average Bonchev–Trinajstić information content (AvgIpc) is 2.60. The molecule has 2 aromatic carbocycles. The lowest BCUT2D eigenvalue weighted by atomic mass is 10.1. The van der Waals surface area contributed by atoms with E-state index in [1.54, 1.807) is 30.3 Å². The van der Waals surface area contributed by atoms with Crippen LogP contribution in [0.2, 0.25) is 0 Å². The average molecular weight is 340 g/mol. The molecule has 0 bridgehead atoms. The molecule has 0 fully saturated rings. The van der Waals surface area contributed by atoms with Crippen LogP contribution in [0, 0.1) is 5.41 Å². The minimum Gasteiger partial charge on any atom is -0.508 e. The maximum Gasteiger partial charge on any atom is 0.251 e. The summed E-state index contributed by atoms with van der Waals surface area (Å²) < 4.78 is 0. The fourth-order valence-electron chi connectivity index (χ4n) is 2.19. The molecule has 25 heavy (non-hydrogen) atoms. The Bertz CT molecular complexity index is 790. The largest absolute Gasteiger partial charge is 0.508 e. The summed E-state index contributed by atoms with van der Waals surface area (Å²) in [5, 5.41) is 25.3. The standard InChI is InChI=1S/C18H20N4O3/c1-12(23)20-7-8-21-18(25)13-3-2-4-15(9-13)22-17-6-5-16(24)10-14(17)11-19/h2-6,9-11,19,22,24H,7-8H2,1H3,(H,20,23)(H,21,25). The number of aromatic hydroxyl groups is 1. The minimum atomic E-state index is -0.244. The first-order valence-electron chi connectivity index (χ1n) is 7.73. The molecule has 2 rings (SSSR count). The van der Waals surface area contributed by atoms with Crippen LogP contribution in [0.3, 0.4) is 0 Å². The SMILES string of the molecule is CC(=O)NCCNC(=O)c1cccc(Nc2ccc(O)cc2C=N)c1. The van der Waals surface area contributed by atoms with E-state index in [0.29, 0.717) is 35.6 Å². The molecule has 0 saturated heterocycles. The lowest BCUT2D eigenvalue weighted by Gasteiger charge is -2.11. The van der Waals surface area contributed by atoms with Gasteiger partial charge < -0.3 is 26.5 Å². The van der Waals surface area contributed by atoms with E-state index in [1.807, 2.05) is 0 Å². The van der Waals surface area contributed by atoms with Gasteiger partial charge in [0.25, 0.3) is 5.91 Å². The van der Waals surface area contributed by atoms with Crippen LogP contribution < -0.4 is 16.0 Å². The van der Waals surface area contributed by atoms with E-state index >= 15 is 0 Å². The Kier molecular flexibility index (Phi) is 6.11. The first-order valence-corrected chi connectivity index (χ1v) is 7.73. The van der Waals surface area contributed by atoms with Gasteiger partial charge in [-0.15, -0.1) is 0 Å². The van der Waals surface area contributed by atoms with Gasteiger partial charge in [0.2, 0.25) is 5.91 Å². The highest BCUT2D eigenvalue weighted by Gasteiger charge is 2.07. The Morgan fingerprint density at radius 2 is 1.88 bits per heavy atom. The van der Waals surface area contributed by atoms with Crippen molar-refractivity contribution < 1.29 is 14.7 Å². The predicted octanol–water partition coefficient (Wildman–Crippen LogP) is 2.00. The van der Waals surface area contributed by atoms with Gasteiger partial charge in [0.1, 0.15) is 5.75 Å². The van der Waals surface area contributed by atoms with Crippen molar-refractivity contribution in [2.75, 3.05) is 18.4 Å². The molecule has 0 aliphatic carbocycles. The summed E-state index contributed by atoms with van der Waals surface area (Å²) in [5.41, 5.74) is 2.34. The molecule has 2 amide bonds. The molecule has 0 unspecified atom stereocenters. The zero-order valence-corrected chi connectivity index (χ0v) is 13.8. The van der Waals surface area contributed by atoms with E-state index in [9.17, 15) is 14.7 Å². The number of carbonyl (C=O) groups excluding carboxylic acids is 2. The summed E-state index contributed by atoms with van der Waals surface area (Å²) in [6, 6.07) is 11.6. The molecule has 0 aliphatic heterocycles. The van der Waals surface area contributed by atoms with Crippen molar-refractivity contribution in [1.29, 1.82) is 5.41 Å². The summed E-state index contributed by atoms with van der Waals surface area (Å²) in [4.78, 5) is 22.9. The van der Waals surface area contributed by atoms with E-state index in [0.717, 1.165) is 6.21 Å². The molecule has 0 spiro atoms. The first kappa shape index (κ1) is 18.0. The van der Waals surface area contributed by atoms with E-state index in [1.165, 1.54) is 19.1 Å². The molecule has 0 aliphatic rings. The summed E-state index contributed by atoms with van der Waals surface area (Å²) in [5.74, 6) is -0.306. The van der Waals surface area contributed by atoms with E-state index in [-0.39, 0.29) is 17.6 Å².